The monoisotopic (exact) mass is 296 g/mol. The lowest BCUT2D eigenvalue weighted by atomic mass is 9.99. The number of aryl methyl sites for hydroxylation is 1. The third-order valence-electron chi connectivity index (χ3n) is 4.04. The van der Waals surface area contributed by atoms with Gasteiger partial charge in [-0.15, -0.1) is 0 Å². The summed E-state index contributed by atoms with van der Waals surface area (Å²) in [5.41, 5.74) is 2.24. The van der Waals surface area contributed by atoms with Crippen LogP contribution < -0.4 is 0 Å². The predicted octanol–water partition coefficient (Wildman–Crippen LogP) is 3.49. The highest BCUT2D eigenvalue weighted by Crippen LogP contribution is 2.31. The van der Waals surface area contributed by atoms with Crippen LogP contribution in [0.5, 0.6) is 0 Å². The number of ether oxygens (including phenoxy) is 2. The van der Waals surface area contributed by atoms with Gasteiger partial charge in [-0.25, -0.2) is 4.98 Å². The lowest BCUT2D eigenvalue weighted by Gasteiger charge is -2.31. The normalized spacial score (nSPS) is 12.0. The molecule has 4 heteroatoms. The summed E-state index contributed by atoms with van der Waals surface area (Å²) in [4.78, 5) is 4.08. The first-order valence-electron chi connectivity index (χ1n) is 7.24. The number of imidazole rings is 1. The van der Waals surface area contributed by atoms with Crippen molar-refractivity contribution < 1.29 is 9.47 Å². The van der Waals surface area contributed by atoms with Crippen LogP contribution in [0.1, 0.15) is 11.1 Å². The summed E-state index contributed by atoms with van der Waals surface area (Å²) in [6.45, 7) is 2.64. The van der Waals surface area contributed by atoms with Crippen LogP contribution in [0.25, 0.3) is 10.8 Å². The van der Waals surface area contributed by atoms with Crippen LogP contribution in [-0.4, -0.2) is 23.8 Å². The molecule has 0 aliphatic carbocycles. The molecule has 0 saturated heterocycles. The molecule has 22 heavy (non-hydrogen) atoms. The molecule has 0 amide bonds. The number of rotatable bonds is 5. The molecule has 0 saturated carbocycles. The van der Waals surface area contributed by atoms with Gasteiger partial charge in [0.15, 0.2) is 0 Å². The Labute approximate surface area is 130 Å². The molecular weight excluding hydrogens is 276 g/mol. The molecule has 0 aliphatic heterocycles. The average Bonchev–Trinajstić information content (AvgIpc) is 3.05. The summed E-state index contributed by atoms with van der Waals surface area (Å²) in [7, 11) is 3.33. The maximum absolute atomic E-state index is 5.75. The fourth-order valence-corrected chi connectivity index (χ4v) is 2.76. The van der Waals surface area contributed by atoms with E-state index in [4.69, 9.17) is 9.47 Å². The summed E-state index contributed by atoms with van der Waals surface area (Å²) >= 11 is 0. The first kappa shape index (κ1) is 14.8. The van der Waals surface area contributed by atoms with Gasteiger partial charge in [-0.1, -0.05) is 35.9 Å². The van der Waals surface area contributed by atoms with Gasteiger partial charge in [0, 0.05) is 32.2 Å². The highest BCUT2D eigenvalue weighted by Gasteiger charge is 2.32. The minimum atomic E-state index is -0.834. The van der Waals surface area contributed by atoms with Crippen LogP contribution in [0.2, 0.25) is 0 Å². The van der Waals surface area contributed by atoms with Gasteiger partial charge in [-0.2, -0.15) is 0 Å². The van der Waals surface area contributed by atoms with Crippen molar-refractivity contribution in [1.82, 2.24) is 9.55 Å². The Kier molecular flexibility index (Phi) is 3.96. The highest BCUT2D eigenvalue weighted by atomic mass is 16.7. The molecule has 4 nitrogen and oxygen atoms in total. The van der Waals surface area contributed by atoms with Crippen LogP contribution in [0.4, 0.5) is 0 Å². The van der Waals surface area contributed by atoms with Crippen molar-refractivity contribution in [2.24, 2.45) is 0 Å². The van der Waals surface area contributed by atoms with Crippen LogP contribution in [-0.2, 0) is 21.8 Å². The minimum absolute atomic E-state index is 0.539. The van der Waals surface area contributed by atoms with Crippen molar-refractivity contribution in [3.05, 3.63) is 66.2 Å². The van der Waals surface area contributed by atoms with Crippen LogP contribution in [0, 0.1) is 6.92 Å². The van der Waals surface area contributed by atoms with Crippen LogP contribution in [0.15, 0.2) is 55.1 Å². The van der Waals surface area contributed by atoms with Crippen molar-refractivity contribution >= 4 is 10.8 Å². The quantitative estimate of drug-likeness (QED) is 0.676. The number of hydrogen-bond acceptors (Lipinski definition) is 3. The molecular formula is C18H20N2O2. The van der Waals surface area contributed by atoms with Crippen LogP contribution >= 0.6 is 0 Å². The Hall–Kier alpha value is -2.17. The van der Waals surface area contributed by atoms with E-state index in [0.29, 0.717) is 6.54 Å². The third kappa shape index (κ3) is 2.63. The second-order valence-electron chi connectivity index (χ2n) is 5.46. The Morgan fingerprint density at radius 2 is 1.77 bits per heavy atom. The zero-order chi connectivity index (χ0) is 15.6. The summed E-state index contributed by atoms with van der Waals surface area (Å²) in [5.74, 6) is -0.834. The zero-order valence-corrected chi connectivity index (χ0v) is 13.1. The van der Waals surface area contributed by atoms with Crippen molar-refractivity contribution in [3.63, 3.8) is 0 Å². The van der Waals surface area contributed by atoms with E-state index in [2.05, 4.69) is 48.3 Å². The molecule has 0 atom stereocenters. The number of fused-ring (bicyclic) bond motifs is 1. The molecule has 114 valence electrons. The molecule has 1 aromatic heterocycles. The molecule has 3 rings (SSSR count). The lowest BCUT2D eigenvalue weighted by molar-refractivity contribution is -0.224. The zero-order valence-electron chi connectivity index (χ0n) is 13.1. The van der Waals surface area contributed by atoms with E-state index in [1.54, 1.807) is 26.7 Å². The summed E-state index contributed by atoms with van der Waals surface area (Å²) in [6.07, 6.45) is 5.41. The Balaban J connectivity index is 2.05. The number of benzene rings is 2. The van der Waals surface area contributed by atoms with Crippen molar-refractivity contribution in [2.75, 3.05) is 14.2 Å². The van der Waals surface area contributed by atoms with E-state index in [9.17, 15) is 0 Å². The Morgan fingerprint density at radius 3 is 2.45 bits per heavy atom. The molecule has 2 aromatic carbocycles. The molecule has 0 bridgehead atoms. The molecule has 1 heterocycles. The van der Waals surface area contributed by atoms with Gasteiger partial charge >= 0.3 is 0 Å². The molecule has 3 aromatic rings. The molecule has 0 unspecified atom stereocenters. The van der Waals surface area contributed by atoms with E-state index in [0.717, 1.165) is 5.56 Å². The van der Waals surface area contributed by atoms with Crippen molar-refractivity contribution in [3.8, 4) is 0 Å². The van der Waals surface area contributed by atoms with Gasteiger partial charge in [0.05, 0.1) is 12.9 Å². The van der Waals surface area contributed by atoms with Gasteiger partial charge in [0.2, 0.25) is 5.79 Å². The van der Waals surface area contributed by atoms with Crippen LogP contribution in [0.3, 0.4) is 0 Å². The largest absolute Gasteiger partial charge is 0.348 e. The van der Waals surface area contributed by atoms with E-state index in [-0.39, 0.29) is 0 Å². The first-order valence-corrected chi connectivity index (χ1v) is 7.24. The maximum Gasteiger partial charge on any atom is 0.212 e. The van der Waals surface area contributed by atoms with Gasteiger partial charge < -0.3 is 14.0 Å². The number of aromatic nitrogens is 2. The Morgan fingerprint density at radius 1 is 1.05 bits per heavy atom. The summed E-state index contributed by atoms with van der Waals surface area (Å²) in [5, 5.41) is 2.39. The number of methoxy groups -OCH3 is 2. The van der Waals surface area contributed by atoms with Crippen molar-refractivity contribution in [2.45, 2.75) is 19.3 Å². The molecule has 0 radical (unpaired) electrons. The fraction of sp³-hybridized carbons (Fsp3) is 0.278. The number of hydrogen-bond donors (Lipinski definition) is 0. The van der Waals surface area contributed by atoms with E-state index < -0.39 is 5.79 Å². The minimum Gasteiger partial charge on any atom is -0.348 e. The van der Waals surface area contributed by atoms with Gasteiger partial charge in [-0.3, -0.25) is 0 Å². The van der Waals surface area contributed by atoms with E-state index in [1.807, 2.05) is 10.8 Å². The first-order chi connectivity index (χ1) is 10.7. The highest BCUT2D eigenvalue weighted by molar-refractivity contribution is 5.83. The smallest absolute Gasteiger partial charge is 0.212 e. The number of nitrogens with zero attached hydrogens (tertiary/aromatic N) is 2. The van der Waals surface area contributed by atoms with Crippen molar-refractivity contribution in [1.29, 1.82) is 0 Å². The molecule has 0 fully saturated rings. The Bertz CT molecular complexity index is 762. The summed E-state index contributed by atoms with van der Waals surface area (Å²) < 4.78 is 13.4. The standard InChI is InChI=1S/C18H20N2O2/c1-14-4-5-16-11-17(7-6-15(16)10-14)18(21-2,22-3)12-20-9-8-19-13-20/h4-11,13H,12H2,1-3H3. The lowest BCUT2D eigenvalue weighted by Crippen LogP contribution is -2.35. The second kappa shape index (κ2) is 5.91. The average molecular weight is 296 g/mol. The topological polar surface area (TPSA) is 36.3 Å². The van der Waals surface area contributed by atoms with Gasteiger partial charge in [0.25, 0.3) is 0 Å². The molecule has 0 aliphatic rings. The third-order valence-corrected chi connectivity index (χ3v) is 4.04. The van der Waals surface area contributed by atoms with Gasteiger partial charge in [-0.05, 0) is 23.8 Å². The fourth-order valence-electron chi connectivity index (χ4n) is 2.76. The van der Waals surface area contributed by atoms with Gasteiger partial charge in [0.1, 0.15) is 0 Å². The molecule has 0 spiro atoms. The van der Waals surface area contributed by atoms with E-state index >= 15 is 0 Å². The van der Waals surface area contributed by atoms with E-state index in [1.165, 1.54) is 16.3 Å². The predicted molar refractivity (Wildman–Crippen MR) is 86.6 cm³/mol. The molecule has 0 N–H and O–H groups in total. The maximum atomic E-state index is 5.75. The second-order valence-corrected chi connectivity index (χ2v) is 5.46. The summed E-state index contributed by atoms with van der Waals surface area (Å²) in [6, 6.07) is 12.7. The SMILES string of the molecule is COC(Cn1ccnc1)(OC)c1ccc2cc(C)ccc2c1.